The molecule has 0 radical (unpaired) electrons. The maximum absolute atomic E-state index is 12.3. The number of hydrogen-bond acceptors (Lipinski definition) is 8. The van der Waals surface area contributed by atoms with Crippen molar-refractivity contribution in [3.8, 4) is 17.2 Å². The van der Waals surface area contributed by atoms with E-state index in [4.69, 9.17) is 18.9 Å². The zero-order valence-electron chi connectivity index (χ0n) is 15.0. The van der Waals surface area contributed by atoms with Crippen molar-refractivity contribution >= 4 is 23.3 Å². The molecule has 0 fully saturated rings. The number of nitrogens with zero attached hydrogens (tertiary/aromatic N) is 1. The van der Waals surface area contributed by atoms with E-state index in [0.717, 1.165) is 6.07 Å². The van der Waals surface area contributed by atoms with Crippen molar-refractivity contribution in [3.05, 3.63) is 52.1 Å². The number of rotatable bonds is 6. The van der Waals surface area contributed by atoms with Crippen molar-refractivity contribution < 1.29 is 33.5 Å². The lowest BCUT2D eigenvalue weighted by molar-refractivity contribution is -0.385. The summed E-state index contributed by atoms with van der Waals surface area (Å²) < 4.78 is 20.4. The number of methoxy groups -OCH3 is 1. The summed E-state index contributed by atoms with van der Waals surface area (Å²) in [6.07, 6.45) is -1.14. The number of nitro benzene ring substituents is 1. The normalized spacial score (nSPS) is 12.8. The summed E-state index contributed by atoms with van der Waals surface area (Å²) in [5.41, 5.74) is -0.0121. The largest absolute Gasteiger partial charge is 0.490 e. The van der Waals surface area contributed by atoms with Crippen LogP contribution in [0, 0.1) is 10.1 Å². The second kappa shape index (κ2) is 7.82. The third-order valence-corrected chi connectivity index (χ3v) is 3.90. The molecule has 0 aliphatic carbocycles. The minimum absolute atomic E-state index is 0.00940. The molecule has 1 N–H and O–H groups in total. The first-order chi connectivity index (χ1) is 13.4. The first-order valence-corrected chi connectivity index (χ1v) is 8.13. The fourth-order valence-corrected chi connectivity index (χ4v) is 2.46. The van der Waals surface area contributed by atoms with Gasteiger partial charge in [-0.15, -0.1) is 0 Å². The van der Waals surface area contributed by atoms with E-state index >= 15 is 0 Å². The molecule has 1 heterocycles. The summed E-state index contributed by atoms with van der Waals surface area (Å²) in [5.74, 6) is -0.379. The van der Waals surface area contributed by atoms with Crippen LogP contribution < -0.4 is 19.5 Å². The SMILES string of the molecule is COc1ccc(C(=O)O[C@H](C)C(=O)Nc2ccc3c(c2)OCO3)cc1[N+](=O)[O-]. The van der Waals surface area contributed by atoms with Crippen molar-refractivity contribution in [2.24, 2.45) is 0 Å². The summed E-state index contributed by atoms with van der Waals surface area (Å²) in [6.45, 7) is 1.49. The molecule has 0 saturated carbocycles. The Hall–Kier alpha value is -3.82. The van der Waals surface area contributed by atoms with Crippen LogP contribution in [0.25, 0.3) is 0 Å². The highest BCUT2D eigenvalue weighted by Gasteiger charge is 2.23. The molecule has 1 atom stereocenters. The molecule has 10 heteroatoms. The van der Waals surface area contributed by atoms with Gasteiger partial charge in [-0.1, -0.05) is 0 Å². The van der Waals surface area contributed by atoms with Gasteiger partial charge in [-0.2, -0.15) is 0 Å². The Labute approximate surface area is 159 Å². The predicted molar refractivity (Wildman–Crippen MR) is 95.7 cm³/mol. The lowest BCUT2D eigenvalue weighted by atomic mass is 10.2. The van der Waals surface area contributed by atoms with Crippen molar-refractivity contribution in [3.63, 3.8) is 0 Å². The van der Waals surface area contributed by atoms with Gasteiger partial charge in [0.25, 0.3) is 5.91 Å². The average Bonchev–Trinajstić information content (AvgIpc) is 3.15. The van der Waals surface area contributed by atoms with Gasteiger partial charge in [-0.25, -0.2) is 4.79 Å². The molecule has 1 aliphatic heterocycles. The number of carbonyl (C=O) groups excluding carboxylic acids is 2. The van der Waals surface area contributed by atoms with Crippen molar-refractivity contribution in [1.29, 1.82) is 0 Å². The summed E-state index contributed by atoms with van der Waals surface area (Å²) in [4.78, 5) is 34.9. The minimum atomic E-state index is -1.14. The molecule has 1 amide bonds. The summed E-state index contributed by atoms with van der Waals surface area (Å²) in [7, 11) is 1.28. The molecule has 0 unspecified atom stereocenters. The van der Waals surface area contributed by atoms with Crippen LogP contribution in [0.5, 0.6) is 17.2 Å². The first kappa shape index (κ1) is 19.0. The molecule has 3 rings (SSSR count). The van der Waals surface area contributed by atoms with Crippen LogP contribution in [0.2, 0.25) is 0 Å². The number of carbonyl (C=O) groups is 2. The fourth-order valence-electron chi connectivity index (χ4n) is 2.46. The van der Waals surface area contributed by atoms with Gasteiger partial charge in [0.2, 0.25) is 6.79 Å². The number of nitrogens with one attached hydrogen (secondary N) is 1. The Kier molecular flexibility index (Phi) is 5.30. The third-order valence-electron chi connectivity index (χ3n) is 3.90. The second-order valence-electron chi connectivity index (χ2n) is 5.75. The standard InChI is InChI=1S/C18H16N2O8/c1-10(17(21)19-12-4-6-15-16(8-12)27-9-26-15)28-18(22)11-3-5-14(25-2)13(7-11)20(23)24/h3-8,10H,9H2,1-2H3,(H,19,21)/t10-/m1/s1. The highest BCUT2D eigenvalue weighted by molar-refractivity contribution is 5.97. The zero-order valence-corrected chi connectivity index (χ0v) is 15.0. The Morgan fingerprint density at radius 2 is 1.93 bits per heavy atom. The van der Waals surface area contributed by atoms with Gasteiger partial charge in [0.1, 0.15) is 0 Å². The molecule has 2 aromatic rings. The van der Waals surface area contributed by atoms with Gasteiger partial charge in [0, 0.05) is 17.8 Å². The van der Waals surface area contributed by atoms with E-state index in [-0.39, 0.29) is 23.8 Å². The van der Waals surface area contributed by atoms with Crippen LogP contribution in [0.4, 0.5) is 11.4 Å². The van der Waals surface area contributed by atoms with E-state index in [1.54, 1.807) is 18.2 Å². The van der Waals surface area contributed by atoms with Gasteiger partial charge in [0.15, 0.2) is 23.4 Å². The van der Waals surface area contributed by atoms with E-state index in [0.29, 0.717) is 17.2 Å². The number of amides is 1. The average molecular weight is 388 g/mol. The predicted octanol–water partition coefficient (Wildman–Crippen LogP) is 2.52. The van der Waals surface area contributed by atoms with E-state index in [9.17, 15) is 19.7 Å². The highest BCUT2D eigenvalue weighted by atomic mass is 16.7. The monoisotopic (exact) mass is 388 g/mol. The van der Waals surface area contributed by atoms with Gasteiger partial charge in [-0.3, -0.25) is 14.9 Å². The Morgan fingerprint density at radius 3 is 2.64 bits per heavy atom. The first-order valence-electron chi connectivity index (χ1n) is 8.13. The quantitative estimate of drug-likeness (QED) is 0.454. The number of hydrogen-bond donors (Lipinski definition) is 1. The van der Waals surface area contributed by atoms with Crippen LogP contribution >= 0.6 is 0 Å². The molecule has 0 spiro atoms. The number of fused-ring (bicyclic) bond motifs is 1. The highest BCUT2D eigenvalue weighted by Crippen LogP contribution is 2.34. The second-order valence-corrected chi connectivity index (χ2v) is 5.75. The van der Waals surface area contributed by atoms with Gasteiger partial charge in [0.05, 0.1) is 17.6 Å². The molecule has 1 aliphatic rings. The Balaban J connectivity index is 1.66. The van der Waals surface area contributed by atoms with E-state index in [2.05, 4.69) is 5.32 Å². The van der Waals surface area contributed by atoms with Crippen LogP contribution in [0.1, 0.15) is 17.3 Å². The van der Waals surface area contributed by atoms with Gasteiger partial charge in [-0.05, 0) is 31.2 Å². The Morgan fingerprint density at radius 1 is 1.18 bits per heavy atom. The molecular weight excluding hydrogens is 372 g/mol. The maximum Gasteiger partial charge on any atom is 0.339 e. The van der Waals surface area contributed by atoms with Crippen LogP contribution in [0.3, 0.4) is 0 Å². The van der Waals surface area contributed by atoms with Gasteiger partial charge < -0.3 is 24.3 Å². The number of anilines is 1. The van der Waals surface area contributed by atoms with Crippen molar-refractivity contribution in [1.82, 2.24) is 0 Å². The maximum atomic E-state index is 12.3. The lowest BCUT2D eigenvalue weighted by Gasteiger charge is -2.14. The summed E-state index contributed by atoms with van der Waals surface area (Å²) in [6, 6.07) is 8.48. The molecule has 146 valence electrons. The van der Waals surface area contributed by atoms with Gasteiger partial charge >= 0.3 is 11.7 Å². The smallest absolute Gasteiger partial charge is 0.339 e. The third kappa shape index (κ3) is 3.95. The topological polar surface area (TPSA) is 126 Å². The van der Waals surface area contributed by atoms with E-state index in [1.807, 2.05) is 0 Å². The molecule has 10 nitrogen and oxygen atoms in total. The lowest BCUT2D eigenvalue weighted by Crippen LogP contribution is -2.30. The van der Waals surface area contributed by atoms with Crippen molar-refractivity contribution in [2.75, 3.05) is 19.2 Å². The van der Waals surface area contributed by atoms with Crippen LogP contribution in [-0.4, -0.2) is 36.8 Å². The molecule has 0 aromatic heterocycles. The number of esters is 1. The van der Waals surface area contributed by atoms with E-state index in [1.165, 1.54) is 26.2 Å². The Bertz CT molecular complexity index is 943. The molecule has 2 aromatic carbocycles. The number of ether oxygens (including phenoxy) is 4. The fraction of sp³-hybridized carbons (Fsp3) is 0.222. The van der Waals surface area contributed by atoms with Crippen molar-refractivity contribution in [2.45, 2.75) is 13.0 Å². The zero-order chi connectivity index (χ0) is 20.3. The van der Waals surface area contributed by atoms with Crippen LogP contribution in [0.15, 0.2) is 36.4 Å². The molecule has 0 bridgehead atoms. The molecule has 28 heavy (non-hydrogen) atoms. The summed E-state index contributed by atoms with van der Waals surface area (Å²) in [5, 5.41) is 13.7. The minimum Gasteiger partial charge on any atom is -0.490 e. The number of benzene rings is 2. The van der Waals surface area contributed by atoms with Crippen LogP contribution in [-0.2, 0) is 9.53 Å². The molecule has 0 saturated heterocycles. The summed E-state index contributed by atoms with van der Waals surface area (Å²) >= 11 is 0. The number of nitro groups is 1. The van der Waals surface area contributed by atoms with E-state index < -0.39 is 22.9 Å². The molecular formula is C18H16N2O8.